The number of carbonyl (C=O) groups is 1. The zero-order chi connectivity index (χ0) is 10.8. The van der Waals surface area contributed by atoms with Crippen LogP contribution in [0, 0.1) is 6.92 Å². The number of nitrogens with zero attached hydrogens (tertiary/aromatic N) is 3. The Morgan fingerprint density at radius 1 is 1.47 bits per heavy atom. The average Bonchev–Trinajstić information content (AvgIpc) is 2.71. The number of carboxylic acids is 1. The summed E-state index contributed by atoms with van der Waals surface area (Å²) in [6.07, 6.45) is 1.49. The van der Waals surface area contributed by atoms with E-state index in [-0.39, 0.29) is 5.69 Å². The van der Waals surface area contributed by atoms with Gasteiger partial charge in [-0.2, -0.15) is 0 Å². The summed E-state index contributed by atoms with van der Waals surface area (Å²) in [4.78, 5) is 22.8. The molecule has 0 saturated carbocycles. The fourth-order valence-corrected chi connectivity index (χ4v) is 1.64. The lowest BCUT2D eigenvalue weighted by Crippen LogP contribution is -2.05. The number of thiazole rings is 1. The Morgan fingerprint density at radius 2 is 2.27 bits per heavy atom. The van der Waals surface area contributed by atoms with Gasteiger partial charge in [-0.15, -0.1) is 11.3 Å². The SMILES string of the molecule is Cc1cnc(-c2cscn2)nc1C(=O)O. The molecule has 0 aromatic carbocycles. The molecule has 0 spiro atoms. The fraction of sp³-hybridized carbons (Fsp3) is 0.111. The van der Waals surface area contributed by atoms with Crippen LogP contribution in [0.4, 0.5) is 0 Å². The van der Waals surface area contributed by atoms with Crippen molar-refractivity contribution >= 4 is 17.3 Å². The standard InChI is InChI=1S/C9H7N3O2S/c1-5-2-10-8(6-3-15-4-11-6)12-7(5)9(13)14/h2-4H,1H3,(H,13,14). The lowest BCUT2D eigenvalue weighted by Gasteiger charge is -2.00. The summed E-state index contributed by atoms with van der Waals surface area (Å²) < 4.78 is 0. The molecule has 15 heavy (non-hydrogen) atoms. The highest BCUT2D eigenvalue weighted by Gasteiger charge is 2.12. The topological polar surface area (TPSA) is 76.0 Å². The molecule has 2 rings (SSSR count). The van der Waals surface area contributed by atoms with Crippen molar-refractivity contribution in [1.82, 2.24) is 15.0 Å². The minimum absolute atomic E-state index is 0.0213. The largest absolute Gasteiger partial charge is 0.477 e. The van der Waals surface area contributed by atoms with Gasteiger partial charge < -0.3 is 5.11 Å². The van der Waals surface area contributed by atoms with Gasteiger partial charge in [-0.25, -0.2) is 19.7 Å². The van der Waals surface area contributed by atoms with Crippen molar-refractivity contribution in [3.05, 3.63) is 28.3 Å². The highest BCUT2D eigenvalue weighted by atomic mass is 32.1. The highest BCUT2D eigenvalue weighted by Crippen LogP contribution is 2.15. The summed E-state index contributed by atoms with van der Waals surface area (Å²) in [7, 11) is 0. The Labute approximate surface area is 89.5 Å². The number of aryl methyl sites for hydroxylation is 1. The van der Waals surface area contributed by atoms with Crippen molar-refractivity contribution in [1.29, 1.82) is 0 Å². The van der Waals surface area contributed by atoms with Gasteiger partial charge in [-0.3, -0.25) is 0 Å². The van der Waals surface area contributed by atoms with Crippen molar-refractivity contribution < 1.29 is 9.90 Å². The Balaban J connectivity index is 2.52. The first kappa shape index (κ1) is 9.72. The van der Waals surface area contributed by atoms with Gasteiger partial charge in [0.05, 0.1) is 5.51 Å². The van der Waals surface area contributed by atoms with E-state index in [0.717, 1.165) is 0 Å². The van der Waals surface area contributed by atoms with Crippen LogP contribution in [-0.4, -0.2) is 26.0 Å². The molecule has 0 radical (unpaired) electrons. The van der Waals surface area contributed by atoms with Crippen LogP contribution in [0.1, 0.15) is 16.1 Å². The van der Waals surface area contributed by atoms with Crippen LogP contribution in [0.5, 0.6) is 0 Å². The Hall–Kier alpha value is -1.82. The quantitative estimate of drug-likeness (QED) is 0.833. The minimum atomic E-state index is -1.05. The second kappa shape index (κ2) is 3.74. The summed E-state index contributed by atoms with van der Waals surface area (Å²) in [5.41, 5.74) is 2.82. The number of aromatic carboxylic acids is 1. The van der Waals surface area contributed by atoms with E-state index >= 15 is 0 Å². The van der Waals surface area contributed by atoms with Crippen LogP contribution in [0.3, 0.4) is 0 Å². The maximum Gasteiger partial charge on any atom is 0.354 e. The van der Waals surface area contributed by atoms with Gasteiger partial charge in [-0.05, 0) is 6.92 Å². The summed E-state index contributed by atoms with van der Waals surface area (Å²) in [5.74, 6) is -0.703. The van der Waals surface area contributed by atoms with E-state index in [0.29, 0.717) is 17.1 Å². The predicted octanol–water partition coefficient (Wildman–Crippen LogP) is 1.61. The van der Waals surface area contributed by atoms with Gasteiger partial charge in [0.25, 0.3) is 0 Å². The molecule has 1 N–H and O–H groups in total. The van der Waals surface area contributed by atoms with Crippen molar-refractivity contribution in [3.63, 3.8) is 0 Å². The van der Waals surface area contributed by atoms with Crippen molar-refractivity contribution in [2.75, 3.05) is 0 Å². The maximum atomic E-state index is 10.8. The fourth-order valence-electron chi connectivity index (χ4n) is 1.10. The second-order valence-electron chi connectivity index (χ2n) is 2.90. The number of hydrogen-bond donors (Lipinski definition) is 1. The number of rotatable bonds is 2. The third-order valence-corrected chi connectivity index (χ3v) is 2.42. The van der Waals surface area contributed by atoms with Crippen LogP contribution in [0.15, 0.2) is 17.1 Å². The molecular formula is C9H7N3O2S. The lowest BCUT2D eigenvalue weighted by molar-refractivity contribution is 0.0689. The molecule has 0 aliphatic carbocycles. The Morgan fingerprint density at radius 3 is 2.87 bits per heavy atom. The van der Waals surface area contributed by atoms with Crippen LogP contribution >= 0.6 is 11.3 Å². The van der Waals surface area contributed by atoms with E-state index < -0.39 is 5.97 Å². The molecule has 0 unspecified atom stereocenters. The normalized spacial score (nSPS) is 10.2. The first-order chi connectivity index (χ1) is 7.18. The zero-order valence-electron chi connectivity index (χ0n) is 7.84. The number of hydrogen-bond acceptors (Lipinski definition) is 5. The second-order valence-corrected chi connectivity index (χ2v) is 3.62. The summed E-state index contributed by atoms with van der Waals surface area (Å²) in [5, 5.41) is 10.7. The van der Waals surface area contributed by atoms with Crippen molar-refractivity contribution in [2.24, 2.45) is 0 Å². The van der Waals surface area contributed by atoms with E-state index in [2.05, 4.69) is 15.0 Å². The third-order valence-electron chi connectivity index (χ3n) is 1.84. The molecule has 76 valence electrons. The van der Waals surface area contributed by atoms with E-state index in [1.165, 1.54) is 17.5 Å². The molecule has 0 atom stereocenters. The summed E-state index contributed by atoms with van der Waals surface area (Å²) >= 11 is 1.41. The Bertz CT molecular complexity index is 496. The highest BCUT2D eigenvalue weighted by molar-refractivity contribution is 7.07. The van der Waals surface area contributed by atoms with Gasteiger partial charge in [-0.1, -0.05) is 0 Å². The zero-order valence-corrected chi connectivity index (χ0v) is 8.65. The smallest absolute Gasteiger partial charge is 0.354 e. The van der Waals surface area contributed by atoms with Gasteiger partial charge >= 0.3 is 5.97 Å². The van der Waals surface area contributed by atoms with E-state index in [1.807, 2.05) is 0 Å². The molecule has 5 nitrogen and oxygen atoms in total. The molecule has 2 aromatic heterocycles. The monoisotopic (exact) mass is 221 g/mol. The number of aromatic nitrogens is 3. The molecule has 0 aliphatic rings. The molecule has 0 fully saturated rings. The van der Waals surface area contributed by atoms with Gasteiger partial charge in [0.15, 0.2) is 11.5 Å². The van der Waals surface area contributed by atoms with E-state index in [4.69, 9.17) is 5.11 Å². The molecule has 0 saturated heterocycles. The molecule has 0 bridgehead atoms. The first-order valence-electron chi connectivity index (χ1n) is 4.14. The van der Waals surface area contributed by atoms with Gasteiger partial charge in [0.1, 0.15) is 5.69 Å². The van der Waals surface area contributed by atoms with Crippen molar-refractivity contribution in [3.8, 4) is 11.5 Å². The van der Waals surface area contributed by atoms with Gasteiger partial charge in [0.2, 0.25) is 0 Å². The predicted molar refractivity (Wildman–Crippen MR) is 54.8 cm³/mol. The van der Waals surface area contributed by atoms with Crippen LogP contribution < -0.4 is 0 Å². The van der Waals surface area contributed by atoms with Crippen LogP contribution in [-0.2, 0) is 0 Å². The van der Waals surface area contributed by atoms with E-state index in [1.54, 1.807) is 17.8 Å². The maximum absolute atomic E-state index is 10.8. The van der Waals surface area contributed by atoms with E-state index in [9.17, 15) is 4.79 Å². The lowest BCUT2D eigenvalue weighted by atomic mass is 10.2. The summed E-state index contributed by atoms with van der Waals surface area (Å²) in [6, 6.07) is 0. The Kier molecular flexibility index (Phi) is 2.42. The van der Waals surface area contributed by atoms with Gasteiger partial charge in [0, 0.05) is 17.1 Å². The molecule has 6 heteroatoms. The molecular weight excluding hydrogens is 214 g/mol. The number of carboxylic acid groups (broad SMARTS) is 1. The minimum Gasteiger partial charge on any atom is -0.477 e. The molecule has 0 amide bonds. The van der Waals surface area contributed by atoms with Crippen LogP contribution in [0.25, 0.3) is 11.5 Å². The molecule has 2 aromatic rings. The third kappa shape index (κ3) is 1.84. The van der Waals surface area contributed by atoms with Crippen molar-refractivity contribution in [2.45, 2.75) is 6.92 Å². The summed E-state index contributed by atoms with van der Waals surface area (Å²) in [6.45, 7) is 1.66. The molecule has 2 heterocycles. The molecule has 0 aliphatic heterocycles. The first-order valence-corrected chi connectivity index (χ1v) is 5.08. The average molecular weight is 221 g/mol. The van der Waals surface area contributed by atoms with Crippen LogP contribution in [0.2, 0.25) is 0 Å².